The van der Waals surface area contributed by atoms with Crippen LogP contribution in [0, 0.1) is 16.9 Å². The summed E-state index contributed by atoms with van der Waals surface area (Å²) in [7, 11) is 3.01. The number of ether oxygens (including phenoxy) is 4. The number of hydrogen-bond acceptors (Lipinski definition) is 10. The molecule has 14 heteroatoms. The molecule has 0 spiro atoms. The van der Waals surface area contributed by atoms with Gasteiger partial charge in [-0.2, -0.15) is 4.73 Å². The van der Waals surface area contributed by atoms with Gasteiger partial charge in [-0.05, 0) is 61.7 Å². The molecule has 1 unspecified atom stereocenters. The van der Waals surface area contributed by atoms with Crippen molar-refractivity contribution in [3.05, 3.63) is 115 Å². The van der Waals surface area contributed by atoms with Gasteiger partial charge in [-0.1, -0.05) is 47.5 Å². The van der Waals surface area contributed by atoms with Crippen molar-refractivity contribution in [2.45, 2.75) is 44.1 Å². The molecule has 50 heavy (non-hydrogen) atoms. The van der Waals surface area contributed by atoms with E-state index in [9.17, 15) is 19.2 Å². The number of methoxy groups -OCH3 is 2. The fraction of sp³-hybridized carbons (Fsp3) is 0.361. The Balaban J connectivity index is 1.19. The van der Waals surface area contributed by atoms with E-state index < -0.39 is 29.9 Å². The Bertz CT molecular complexity index is 1830. The second-order valence-corrected chi connectivity index (χ2v) is 14.1. The van der Waals surface area contributed by atoms with E-state index in [0.717, 1.165) is 25.9 Å². The molecular formula is C36H36Cl2FN3O7S. The number of carbonyl (C=O) groups excluding carboxylic acids is 2. The molecule has 0 saturated carbocycles. The lowest BCUT2D eigenvalue weighted by Crippen LogP contribution is -2.52. The molecule has 2 bridgehead atoms. The van der Waals surface area contributed by atoms with Gasteiger partial charge in [0.25, 0.3) is 0 Å². The molecule has 3 aliphatic rings. The molecule has 0 aliphatic carbocycles. The number of pyridine rings is 1. The Morgan fingerprint density at radius 1 is 1.06 bits per heavy atom. The van der Waals surface area contributed by atoms with Crippen molar-refractivity contribution in [2.75, 3.05) is 33.9 Å². The molecule has 5 heterocycles. The van der Waals surface area contributed by atoms with Crippen molar-refractivity contribution in [1.82, 2.24) is 10.2 Å². The van der Waals surface area contributed by atoms with Crippen molar-refractivity contribution in [2.24, 2.45) is 5.92 Å². The molecule has 2 aromatic heterocycles. The van der Waals surface area contributed by atoms with E-state index in [1.165, 1.54) is 44.0 Å². The number of aromatic nitrogens is 1. The third-order valence-corrected chi connectivity index (χ3v) is 10.7. The van der Waals surface area contributed by atoms with Crippen molar-refractivity contribution >= 4 is 46.5 Å². The average Bonchev–Trinajstić information content (AvgIpc) is 3.59. The van der Waals surface area contributed by atoms with E-state index in [-0.39, 0.29) is 40.2 Å². The van der Waals surface area contributed by atoms with Gasteiger partial charge in [0.2, 0.25) is 0 Å². The summed E-state index contributed by atoms with van der Waals surface area (Å²) in [5, 5.41) is 16.9. The molecule has 2 aromatic carbocycles. The van der Waals surface area contributed by atoms with E-state index in [0.29, 0.717) is 44.7 Å². The Morgan fingerprint density at radius 2 is 1.78 bits per heavy atom. The average molecular weight is 745 g/mol. The van der Waals surface area contributed by atoms with Crippen LogP contribution in [0.1, 0.15) is 56.9 Å². The number of rotatable bonds is 13. The third-order valence-electron chi connectivity index (χ3n) is 9.16. The number of halogens is 3. The lowest BCUT2D eigenvalue weighted by Gasteiger charge is -2.44. The Kier molecular flexibility index (Phi) is 11.4. The molecule has 3 saturated heterocycles. The van der Waals surface area contributed by atoms with Gasteiger partial charge in [-0.15, -0.1) is 11.3 Å². The number of fused-ring (bicyclic) bond motifs is 3. The first-order chi connectivity index (χ1) is 24.1. The first-order valence-electron chi connectivity index (χ1n) is 16.1. The summed E-state index contributed by atoms with van der Waals surface area (Å²) in [6, 6.07) is 11.9. The van der Waals surface area contributed by atoms with Crippen LogP contribution < -0.4 is 19.5 Å². The highest BCUT2D eigenvalue weighted by Gasteiger charge is 2.38. The number of esters is 2. The summed E-state index contributed by atoms with van der Waals surface area (Å²) in [4.78, 5) is 30.1. The minimum absolute atomic E-state index is 0.0598. The highest BCUT2D eigenvalue weighted by Crippen LogP contribution is 2.36. The van der Waals surface area contributed by atoms with Gasteiger partial charge in [-0.25, -0.2) is 14.0 Å². The first-order valence-corrected chi connectivity index (χ1v) is 17.7. The smallest absolute Gasteiger partial charge is 0.339 e. The molecule has 0 radical (unpaired) electrons. The summed E-state index contributed by atoms with van der Waals surface area (Å²) in [5.41, 5.74) is 1.46. The van der Waals surface area contributed by atoms with Crippen LogP contribution in [0.4, 0.5) is 4.39 Å². The Labute approximate surface area is 303 Å². The zero-order valence-corrected chi connectivity index (χ0v) is 29.7. The highest BCUT2D eigenvalue weighted by molar-refractivity contribution is 7.10. The quantitative estimate of drug-likeness (QED) is 0.0938. The third kappa shape index (κ3) is 8.16. The normalized spacial score (nSPS) is 19.4. The SMILES string of the molecule is COc1ccc([C@H](Cc2c(Cl)c[n+]([O-])cc2Cl)OC(=O)c2csc(CNC(C(=O)O[C@H]3CN4CCC3CC4)c3ccccc3F)c2)cc1OC. The molecule has 264 valence electrons. The Hall–Kier alpha value is -3.94. The maximum absolute atomic E-state index is 15.0. The monoisotopic (exact) mass is 743 g/mol. The van der Waals surface area contributed by atoms with Gasteiger partial charge in [-0.3, -0.25) is 10.2 Å². The molecule has 10 nitrogen and oxygen atoms in total. The van der Waals surface area contributed by atoms with Crippen LogP contribution in [0.25, 0.3) is 0 Å². The zero-order chi connectivity index (χ0) is 35.4. The maximum atomic E-state index is 15.0. The second kappa shape index (κ2) is 15.9. The molecular weight excluding hydrogens is 708 g/mol. The van der Waals surface area contributed by atoms with E-state index in [2.05, 4.69) is 10.2 Å². The predicted molar refractivity (Wildman–Crippen MR) is 186 cm³/mol. The molecule has 1 N–H and O–H groups in total. The number of nitrogens with one attached hydrogen (secondary N) is 1. The van der Waals surface area contributed by atoms with Crippen molar-refractivity contribution in [3.63, 3.8) is 0 Å². The standard InChI is InChI=1S/C36H36Cl2FN3O7S/c1-46-30-8-7-22(14-32(30)47-2)31(15-26-27(37)17-42(45)18-28(26)38)48-35(43)23-13-24(50-20-23)16-40-34(25-5-3-4-6-29(25)39)36(44)49-33-19-41-11-9-21(33)10-12-41/h3-8,13-14,17-18,20-21,31,33-34,40H,9-12,15-16,19H2,1-2H3/t31-,33-,34?/m0/s1. The van der Waals surface area contributed by atoms with Crippen LogP contribution in [0.15, 0.2) is 66.3 Å². The molecule has 3 fully saturated rings. The van der Waals surface area contributed by atoms with Gasteiger partial charge in [0.15, 0.2) is 23.9 Å². The van der Waals surface area contributed by atoms with Crippen molar-refractivity contribution in [3.8, 4) is 11.5 Å². The largest absolute Gasteiger partial charge is 0.619 e. The molecule has 3 aliphatic heterocycles. The summed E-state index contributed by atoms with van der Waals surface area (Å²) >= 11 is 14.1. The number of piperidine rings is 3. The molecule has 4 aromatic rings. The molecule has 7 rings (SSSR count). The second-order valence-electron chi connectivity index (χ2n) is 12.3. The summed E-state index contributed by atoms with van der Waals surface area (Å²) in [6.07, 6.45) is 3.25. The van der Waals surface area contributed by atoms with Crippen molar-refractivity contribution in [1.29, 1.82) is 0 Å². The fourth-order valence-electron chi connectivity index (χ4n) is 6.46. The number of hydrogen-bond donors (Lipinski definition) is 1. The van der Waals surface area contributed by atoms with Crippen LogP contribution in [-0.4, -0.2) is 56.8 Å². The van der Waals surface area contributed by atoms with Crippen molar-refractivity contribution < 1.29 is 37.7 Å². The van der Waals surface area contributed by atoms with E-state index in [1.54, 1.807) is 47.8 Å². The van der Waals surface area contributed by atoms with Crippen LogP contribution in [0.3, 0.4) is 0 Å². The molecule has 0 amide bonds. The van der Waals surface area contributed by atoms with Crippen LogP contribution in [0.2, 0.25) is 10.0 Å². The molecule has 3 atom stereocenters. The van der Waals surface area contributed by atoms with E-state index >= 15 is 0 Å². The Morgan fingerprint density at radius 3 is 2.44 bits per heavy atom. The van der Waals surface area contributed by atoms with Crippen LogP contribution >= 0.6 is 34.5 Å². The summed E-state index contributed by atoms with van der Waals surface area (Å²) in [5.74, 6) is -0.466. The van der Waals surface area contributed by atoms with Gasteiger partial charge >= 0.3 is 11.9 Å². The predicted octanol–water partition coefficient (Wildman–Crippen LogP) is 6.45. The first kappa shape index (κ1) is 35.9. The fourth-order valence-corrected chi connectivity index (χ4v) is 7.87. The summed E-state index contributed by atoms with van der Waals surface area (Å²) < 4.78 is 38.3. The highest BCUT2D eigenvalue weighted by atomic mass is 35.5. The number of carbonyl (C=O) groups is 2. The number of nitrogens with zero attached hydrogens (tertiary/aromatic N) is 2. The van der Waals surface area contributed by atoms with E-state index in [1.807, 2.05) is 0 Å². The lowest BCUT2D eigenvalue weighted by molar-refractivity contribution is -0.605. The maximum Gasteiger partial charge on any atom is 0.339 e. The van der Waals surface area contributed by atoms with Gasteiger partial charge < -0.3 is 24.2 Å². The van der Waals surface area contributed by atoms with Crippen LogP contribution in [0.5, 0.6) is 11.5 Å². The number of thiophene rings is 1. The lowest BCUT2D eigenvalue weighted by atomic mass is 9.86. The van der Waals surface area contributed by atoms with Crippen LogP contribution in [-0.2, 0) is 27.2 Å². The summed E-state index contributed by atoms with van der Waals surface area (Å²) in [6.45, 7) is 2.85. The minimum atomic E-state index is -1.05. The zero-order valence-electron chi connectivity index (χ0n) is 27.4. The van der Waals surface area contributed by atoms with Gasteiger partial charge in [0, 0.05) is 40.9 Å². The van der Waals surface area contributed by atoms with Gasteiger partial charge in [0.05, 0.1) is 19.8 Å². The topological polar surface area (TPSA) is 113 Å². The van der Waals surface area contributed by atoms with Gasteiger partial charge in [0.1, 0.15) is 34.1 Å². The minimum Gasteiger partial charge on any atom is -0.619 e. The number of benzene rings is 2. The van der Waals surface area contributed by atoms with E-state index in [4.69, 9.17) is 42.1 Å².